The van der Waals surface area contributed by atoms with Crippen molar-refractivity contribution in [3.8, 4) is 5.75 Å². The lowest BCUT2D eigenvalue weighted by Crippen LogP contribution is -2.29. The predicted octanol–water partition coefficient (Wildman–Crippen LogP) is 3.31. The van der Waals surface area contributed by atoms with E-state index in [1.165, 1.54) is 6.33 Å². The lowest BCUT2D eigenvalue weighted by Gasteiger charge is -2.21. The highest BCUT2D eigenvalue weighted by molar-refractivity contribution is 6.70. The second-order valence-electron chi connectivity index (χ2n) is 5.46. The predicted molar refractivity (Wildman–Crippen MR) is 83.7 cm³/mol. The molecule has 20 heavy (non-hydrogen) atoms. The lowest BCUT2D eigenvalue weighted by atomic mass is 10.2. The largest absolute Gasteiger partial charge is 0.544 e. The molecule has 0 radical (unpaired) electrons. The fraction of sp³-hybridized carbons (Fsp3) is 0.267. The Balaban J connectivity index is 2.08. The number of para-hydroxylation sites is 1. The molecule has 0 spiro atoms. The van der Waals surface area contributed by atoms with Gasteiger partial charge in [0.2, 0.25) is 8.32 Å². The molecule has 0 saturated carbocycles. The second kappa shape index (κ2) is 6.43. The van der Waals surface area contributed by atoms with Gasteiger partial charge in [0.1, 0.15) is 12.1 Å². The summed E-state index contributed by atoms with van der Waals surface area (Å²) >= 11 is 0. The van der Waals surface area contributed by atoms with E-state index in [2.05, 4.69) is 34.6 Å². The van der Waals surface area contributed by atoms with Crippen LogP contribution < -0.4 is 4.43 Å². The Bertz CT molecular complexity index is 579. The van der Waals surface area contributed by atoms with Crippen molar-refractivity contribution < 1.29 is 4.43 Å². The molecule has 0 aliphatic heterocycles. The molecule has 0 saturated heterocycles. The van der Waals surface area contributed by atoms with Crippen LogP contribution in [-0.4, -0.2) is 24.5 Å². The Hall–Kier alpha value is -2.01. The third-order valence-electron chi connectivity index (χ3n) is 2.47. The molecule has 5 heteroatoms. The summed E-state index contributed by atoms with van der Waals surface area (Å²) in [6, 6.07) is 8.06. The van der Waals surface area contributed by atoms with Gasteiger partial charge in [-0.05, 0) is 25.7 Å². The van der Waals surface area contributed by atoms with Gasteiger partial charge in [-0.3, -0.25) is 4.99 Å². The number of aromatic nitrogens is 2. The number of hydrogen-bond acceptors (Lipinski definition) is 4. The van der Waals surface area contributed by atoms with Crippen molar-refractivity contribution in [1.82, 2.24) is 9.97 Å². The van der Waals surface area contributed by atoms with Crippen LogP contribution in [0.1, 0.15) is 11.1 Å². The van der Waals surface area contributed by atoms with Crippen LogP contribution in [0, 0.1) is 0 Å². The van der Waals surface area contributed by atoms with Gasteiger partial charge >= 0.3 is 0 Å². The Kier molecular flexibility index (Phi) is 4.63. The maximum Gasteiger partial charge on any atom is 0.242 e. The number of aliphatic imine (C=N–C) groups is 1. The van der Waals surface area contributed by atoms with E-state index in [1.54, 1.807) is 18.6 Å². The molecular formula is C15H19N3OSi. The smallest absolute Gasteiger partial charge is 0.242 e. The van der Waals surface area contributed by atoms with E-state index in [9.17, 15) is 0 Å². The Labute approximate surface area is 120 Å². The normalized spacial score (nSPS) is 11.8. The third-order valence-corrected chi connectivity index (χ3v) is 3.30. The van der Waals surface area contributed by atoms with Crippen molar-refractivity contribution in [2.24, 2.45) is 4.99 Å². The molecule has 4 nitrogen and oxygen atoms in total. The van der Waals surface area contributed by atoms with E-state index in [4.69, 9.17) is 4.43 Å². The van der Waals surface area contributed by atoms with Crippen LogP contribution in [0.15, 0.2) is 48.0 Å². The van der Waals surface area contributed by atoms with Crippen LogP contribution in [0.25, 0.3) is 0 Å². The summed E-state index contributed by atoms with van der Waals surface area (Å²) in [5.41, 5.74) is 2.00. The number of nitrogens with zero attached hydrogens (tertiary/aromatic N) is 3. The molecule has 0 fully saturated rings. The topological polar surface area (TPSA) is 47.4 Å². The Morgan fingerprint density at radius 2 is 1.85 bits per heavy atom. The van der Waals surface area contributed by atoms with Gasteiger partial charge in [-0.25, -0.2) is 9.97 Å². The molecule has 1 heterocycles. The lowest BCUT2D eigenvalue weighted by molar-refractivity contribution is 0.549. The minimum absolute atomic E-state index is 0.593. The molecule has 0 aliphatic carbocycles. The highest BCUT2D eigenvalue weighted by Gasteiger charge is 2.17. The molecule has 0 N–H and O–H groups in total. The molecule has 0 atom stereocenters. The van der Waals surface area contributed by atoms with Crippen molar-refractivity contribution >= 4 is 14.5 Å². The molecule has 0 unspecified atom stereocenters. The highest BCUT2D eigenvalue weighted by atomic mass is 28.4. The first-order valence-electron chi connectivity index (χ1n) is 6.56. The van der Waals surface area contributed by atoms with Crippen LogP contribution in [0.5, 0.6) is 5.75 Å². The van der Waals surface area contributed by atoms with E-state index in [0.29, 0.717) is 6.54 Å². The van der Waals surface area contributed by atoms with Crippen molar-refractivity contribution in [3.63, 3.8) is 0 Å². The maximum atomic E-state index is 6.08. The van der Waals surface area contributed by atoms with E-state index < -0.39 is 8.32 Å². The second-order valence-corrected chi connectivity index (χ2v) is 9.89. The van der Waals surface area contributed by atoms with E-state index in [-0.39, 0.29) is 0 Å². The Morgan fingerprint density at radius 1 is 1.15 bits per heavy atom. The van der Waals surface area contributed by atoms with E-state index in [1.807, 2.05) is 24.3 Å². The first-order valence-corrected chi connectivity index (χ1v) is 9.97. The van der Waals surface area contributed by atoms with E-state index in [0.717, 1.165) is 16.9 Å². The van der Waals surface area contributed by atoms with Gasteiger partial charge < -0.3 is 4.43 Å². The van der Waals surface area contributed by atoms with Gasteiger partial charge in [-0.15, -0.1) is 0 Å². The zero-order chi connectivity index (χ0) is 14.4. The molecule has 1 aromatic heterocycles. The minimum atomic E-state index is -1.60. The van der Waals surface area contributed by atoms with Gasteiger partial charge in [0, 0.05) is 29.7 Å². The highest BCUT2D eigenvalue weighted by Crippen LogP contribution is 2.22. The van der Waals surface area contributed by atoms with Gasteiger partial charge in [-0.2, -0.15) is 0 Å². The van der Waals surface area contributed by atoms with Gasteiger partial charge in [0.25, 0.3) is 0 Å². The zero-order valence-corrected chi connectivity index (χ0v) is 13.1. The molecule has 0 bridgehead atoms. The first-order chi connectivity index (χ1) is 9.54. The molecule has 0 amide bonds. The summed E-state index contributed by atoms with van der Waals surface area (Å²) in [6.07, 6.45) is 6.77. The monoisotopic (exact) mass is 285 g/mol. The minimum Gasteiger partial charge on any atom is -0.544 e. The number of hydrogen-bond donors (Lipinski definition) is 0. The van der Waals surface area contributed by atoms with Crippen LogP contribution in [0.3, 0.4) is 0 Å². The summed E-state index contributed by atoms with van der Waals surface area (Å²) in [7, 11) is -1.60. The van der Waals surface area contributed by atoms with Gasteiger partial charge in [0.05, 0.1) is 6.54 Å². The van der Waals surface area contributed by atoms with Crippen molar-refractivity contribution in [1.29, 1.82) is 0 Å². The summed E-state index contributed by atoms with van der Waals surface area (Å²) in [5, 5.41) is 0. The summed E-state index contributed by atoms with van der Waals surface area (Å²) in [5.74, 6) is 0.938. The Morgan fingerprint density at radius 3 is 2.55 bits per heavy atom. The van der Waals surface area contributed by atoms with Crippen LogP contribution in [0.2, 0.25) is 19.6 Å². The average Bonchev–Trinajstić information content (AvgIpc) is 2.40. The average molecular weight is 285 g/mol. The van der Waals surface area contributed by atoms with E-state index >= 15 is 0 Å². The molecule has 0 aliphatic rings. The maximum absolute atomic E-state index is 6.08. The van der Waals surface area contributed by atoms with Crippen LogP contribution in [0.4, 0.5) is 0 Å². The van der Waals surface area contributed by atoms with Crippen LogP contribution >= 0.6 is 0 Å². The van der Waals surface area contributed by atoms with Gasteiger partial charge in [-0.1, -0.05) is 18.2 Å². The SMILES string of the molecule is C[Si](C)(C)Oc1ccccc1CN=Cc1cncnc1. The first kappa shape index (κ1) is 14.4. The molecule has 2 aromatic rings. The fourth-order valence-electron chi connectivity index (χ4n) is 1.69. The number of benzene rings is 1. The number of rotatable bonds is 5. The van der Waals surface area contributed by atoms with Gasteiger partial charge in [0.15, 0.2) is 0 Å². The zero-order valence-electron chi connectivity index (χ0n) is 12.1. The molecule has 2 rings (SSSR count). The van der Waals surface area contributed by atoms with Crippen molar-refractivity contribution in [2.45, 2.75) is 26.2 Å². The third kappa shape index (κ3) is 4.58. The standard InChI is InChI=1S/C15H19N3OSi/c1-20(2,3)19-15-7-5-4-6-14(15)11-16-8-13-9-17-12-18-10-13/h4-10,12H,11H2,1-3H3. The van der Waals surface area contributed by atoms with Crippen molar-refractivity contribution in [3.05, 3.63) is 54.1 Å². The summed E-state index contributed by atoms with van der Waals surface area (Å²) < 4.78 is 6.08. The van der Waals surface area contributed by atoms with Crippen molar-refractivity contribution in [2.75, 3.05) is 0 Å². The summed E-state index contributed by atoms with van der Waals surface area (Å²) in [4.78, 5) is 12.3. The molecule has 104 valence electrons. The fourth-order valence-corrected chi connectivity index (χ4v) is 2.55. The summed E-state index contributed by atoms with van der Waals surface area (Å²) in [6.45, 7) is 7.12. The van der Waals surface area contributed by atoms with Crippen LogP contribution in [-0.2, 0) is 6.54 Å². The molecule has 1 aromatic carbocycles. The quantitative estimate of drug-likeness (QED) is 0.625. The molecular weight excluding hydrogens is 266 g/mol.